The predicted octanol–water partition coefficient (Wildman–Crippen LogP) is 2.02. The van der Waals surface area contributed by atoms with Gasteiger partial charge in [0.05, 0.1) is 0 Å². The minimum atomic E-state index is 0.629. The number of hydrogen-bond donors (Lipinski definition) is 2. The van der Waals surface area contributed by atoms with E-state index >= 15 is 0 Å². The zero-order valence-electron chi connectivity index (χ0n) is 6.13. The van der Waals surface area contributed by atoms with Crippen LogP contribution >= 0.6 is 23.6 Å². The van der Waals surface area contributed by atoms with Gasteiger partial charge in [-0.3, -0.25) is 5.10 Å². The van der Waals surface area contributed by atoms with Gasteiger partial charge in [-0.1, -0.05) is 18.3 Å². The van der Waals surface area contributed by atoms with Crippen molar-refractivity contribution in [1.29, 1.82) is 0 Å². The highest BCUT2D eigenvalue weighted by Crippen LogP contribution is 2.32. The van der Waals surface area contributed by atoms with Crippen LogP contribution in [-0.4, -0.2) is 16.2 Å². The lowest BCUT2D eigenvalue weighted by molar-refractivity contribution is 0.921. The topological polar surface area (TPSA) is 40.7 Å². The molecule has 2 atom stereocenters. The van der Waals surface area contributed by atoms with E-state index in [4.69, 9.17) is 12.2 Å². The number of hydrogen-bond acceptors (Lipinski definition) is 4. The molecule has 60 valence electrons. The first kappa shape index (κ1) is 7.24. The van der Waals surface area contributed by atoms with E-state index in [0.29, 0.717) is 6.04 Å². The maximum Gasteiger partial charge on any atom is 0.204 e. The van der Waals surface area contributed by atoms with Crippen molar-refractivity contribution in [1.82, 2.24) is 10.2 Å². The van der Waals surface area contributed by atoms with Gasteiger partial charge in [-0.15, -0.1) is 5.10 Å². The summed E-state index contributed by atoms with van der Waals surface area (Å²) in [5.41, 5.74) is 0. The second-order valence-electron chi connectivity index (χ2n) is 2.88. The van der Waals surface area contributed by atoms with Crippen molar-refractivity contribution in [3.05, 3.63) is 3.95 Å². The lowest BCUT2D eigenvalue weighted by Gasteiger charge is -1.95. The number of nitrogens with one attached hydrogen (secondary N) is 2. The molecular formula is C6H9N3S2. The first-order valence-electron chi connectivity index (χ1n) is 3.58. The minimum Gasteiger partial charge on any atom is -0.357 e. The van der Waals surface area contributed by atoms with Gasteiger partial charge in [-0.2, -0.15) is 0 Å². The lowest BCUT2D eigenvalue weighted by Crippen LogP contribution is -2.02. The average molecular weight is 187 g/mol. The van der Waals surface area contributed by atoms with Gasteiger partial charge in [0, 0.05) is 6.04 Å². The molecule has 1 aliphatic rings. The van der Waals surface area contributed by atoms with Gasteiger partial charge < -0.3 is 5.32 Å². The maximum absolute atomic E-state index is 4.90. The van der Waals surface area contributed by atoms with Crippen molar-refractivity contribution in [2.45, 2.75) is 19.4 Å². The normalized spacial score (nSPS) is 28.5. The standard InChI is InChI=1S/C6H9N3S2/c1-3-2-4(3)7-5-8-9-6(10)11-5/h3-4H,2H2,1H3,(H,7,8)(H,9,10). The third-order valence-corrected chi connectivity index (χ3v) is 2.88. The predicted molar refractivity (Wildman–Crippen MR) is 48.5 cm³/mol. The van der Waals surface area contributed by atoms with Crippen LogP contribution < -0.4 is 5.32 Å². The van der Waals surface area contributed by atoms with Crippen LogP contribution in [0, 0.1) is 9.87 Å². The van der Waals surface area contributed by atoms with E-state index in [1.165, 1.54) is 17.8 Å². The van der Waals surface area contributed by atoms with E-state index < -0.39 is 0 Å². The summed E-state index contributed by atoms with van der Waals surface area (Å²) >= 11 is 6.39. The molecule has 3 nitrogen and oxygen atoms in total. The Hall–Kier alpha value is -0.420. The Bertz CT molecular complexity index is 303. The Morgan fingerprint density at radius 1 is 1.82 bits per heavy atom. The Balaban J connectivity index is 2.02. The first-order chi connectivity index (χ1) is 5.25. The van der Waals surface area contributed by atoms with Crippen LogP contribution in [0.15, 0.2) is 0 Å². The number of rotatable bonds is 2. The summed E-state index contributed by atoms with van der Waals surface area (Å²) in [4.78, 5) is 0. The van der Waals surface area contributed by atoms with Crippen LogP contribution in [-0.2, 0) is 0 Å². The monoisotopic (exact) mass is 187 g/mol. The highest BCUT2D eigenvalue weighted by atomic mass is 32.1. The number of aromatic nitrogens is 2. The summed E-state index contributed by atoms with van der Waals surface area (Å²) in [5, 5.41) is 11.0. The molecule has 0 bridgehead atoms. The molecule has 1 saturated carbocycles. The van der Waals surface area contributed by atoms with Gasteiger partial charge in [0.15, 0.2) is 3.95 Å². The average Bonchev–Trinajstić information content (AvgIpc) is 2.42. The molecule has 0 radical (unpaired) electrons. The van der Waals surface area contributed by atoms with Crippen molar-refractivity contribution < 1.29 is 0 Å². The fourth-order valence-corrected chi connectivity index (χ4v) is 1.82. The molecule has 1 heterocycles. The van der Waals surface area contributed by atoms with E-state index in [1.807, 2.05) is 0 Å². The maximum atomic E-state index is 4.90. The SMILES string of the molecule is CC1CC1Nc1n[nH]c(=S)s1. The van der Waals surface area contributed by atoms with Gasteiger partial charge in [0.25, 0.3) is 0 Å². The Morgan fingerprint density at radius 2 is 2.55 bits per heavy atom. The lowest BCUT2D eigenvalue weighted by atomic mass is 10.5. The van der Waals surface area contributed by atoms with Crippen molar-refractivity contribution in [2.75, 3.05) is 5.32 Å². The molecule has 1 aliphatic carbocycles. The van der Waals surface area contributed by atoms with Gasteiger partial charge in [-0.05, 0) is 24.6 Å². The van der Waals surface area contributed by atoms with E-state index in [9.17, 15) is 0 Å². The number of H-pyrrole nitrogens is 1. The van der Waals surface area contributed by atoms with Crippen molar-refractivity contribution in [3.63, 3.8) is 0 Å². The van der Waals surface area contributed by atoms with Gasteiger partial charge in [0.1, 0.15) is 0 Å². The van der Waals surface area contributed by atoms with Crippen LogP contribution in [0.4, 0.5) is 5.13 Å². The second kappa shape index (κ2) is 2.57. The van der Waals surface area contributed by atoms with Crippen LogP contribution in [0.1, 0.15) is 13.3 Å². The Labute approximate surface area is 73.8 Å². The summed E-state index contributed by atoms with van der Waals surface area (Å²) < 4.78 is 0.737. The van der Waals surface area contributed by atoms with Crippen LogP contribution in [0.25, 0.3) is 0 Å². The fourth-order valence-electron chi connectivity index (χ4n) is 0.973. The Kier molecular flexibility index (Phi) is 1.69. The van der Waals surface area contributed by atoms with Crippen LogP contribution in [0.3, 0.4) is 0 Å². The minimum absolute atomic E-state index is 0.629. The van der Waals surface area contributed by atoms with Crippen molar-refractivity contribution in [3.8, 4) is 0 Å². The number of nitrogens with zero attached hydrogens (tertiary/aromatic N) is 1. The third kappa shape index (κ3) is 1.59. The largest absolute Gasteiger partial charge is 0.357 e. The van der Waals surface area contributed by atoms with Gasteiger partial charge in [-0.25, -0.2) is 0 Å². The van der Waals surface area contributed by atoms with E-state index in [2.05, 4.69) is 22.4 Å². The highest BCUT2D eigenvalue weighted by molar-refractivity contribution is 7.73. The fraction of sp³-hybridized carbons (Fsp3) is 0.667. The first-order valence-corrected chi connectivity index (χ1v) is 4.80. The Morgan fingerprint density at radius 3 is 3.00 bits per heavy atom. The zero-order chi connectivity index (χ0) is 7.84. The number of anilines is 1. The molecule has 2 N–H and O–H groups in total. The van der Waals surface area contributed by atoms with E-state index in [0.717, 1.165) is 15.0 Å². The highest BCUT2D eigenvalue weighted by Gasteiger charge is 2.32. The summed E-state index contributed by atoms with van der Waals surface area (Å²) in [5.74, 6) is 0.799. The molecule has 0 saturated heterocycles. The van der Waals surface area contributed by atoms with Crippen molar-refractivity contribution in [2.24, 2.45) is 5.92 Å². The number of aromatic amines is 1. The molecular weight excluding hydrogens is 178 g/mol. The van der Waals surface area contributed by atoms with E-state index in [-0.39, 0.29) is 0 Å². The summed E-state index contributed by atoms with van der Waals surface area (Å²) in [6.07, 6.45) is 1.26. The summed E-state index contributed by atoms with van der Waals surface area (Å²) in [6, 6.07) is 0.629. The van der Waals surface area contributed by atoms with Crippen molar-refractivity contribution >= 4 is 28.7 Å². The van der Waals surface area contributed by atoms with Crippen LogP contribution in [0.2, 0.25) is 0 Å². The molecule has 2 unspecified atom stereocenters. The molecule has 0 amide bonds. The van der Waals surface area contributed by atoms with Gasteiger partial charge in [0.2, 0.25) is 5.13 Å². The quantitative estimate of drug-likeness (QED) is 0.696. The zero-order valence-corrected chi connectivity index (χ0v) is 7.76. The molecule has 1 aromatic heterocycles. The molecule has 5 heteroatoms. The van der Waals surface area contributed by atoms with Crippen LogP contribution in [0.5, 0.6) is 0 Å². The molecule has 0 spiro atoms. The molecule has 2 rings (SSSR count). The van der Waals surface area contributed by atoms with E-state index in [1.54, 1.807) is 0 Å². The molecule has 0 aliphatic heterocycles. The molecule has 1 aromatic rings. The molecule has 1 fully saturated rings. The second-order valence-corrected chi connectivity index (χ2v) is 4.55. The summed E-state index contributed by atoms with van der Waals surface area (Å²) in [7, 11) is 0. The third-order valence-electron chi connectivity index (χ3n) is 1.86. The summed E-state index contributed by atoms with van der Waals surface area (Å²) in [6.45, 7) is 2.23. The smallest absolute Gasteiger partial charge is 0.204 e. The van der Waals surface area contributed by atoms with Gasteiger partial charge >= 0.3 is 0 Å². The molecule has 11 heavy (non-hydrogen) atoms. The molecule has 0 aromatic carbocycles.